The van der Waals surface area contributed by atoms with Gasteiger partial charge in [0.05, 0.1) is 5.02 Å². The van der Waals surface area contributed by atoms with E-state index in [1.807, 2.05) is 0 Å². The van der Waals surface area contributed by atoms with Crippen LogP contribution in [0.25, 0.3) is 0 Å². The van der Waals surface area contributed by atoms with Crippen LogP contribution in [0.3, 0.4) is 0 Å². The van der Waals surface area contributed by atoms with E-state index in [4.69, 9.17) is 11.6 Å². The summed E-state index contributed by atoms with van der Waals surface area (Å²) in [6.07, 6.45) is -0.0541. The fraction of sp³-hybridized carbons (Fsp3) is 0.0714. The molecule has 2 aromatic carbocycles. The Morgan fingerprint density at radius 1 is 1.21 bits per heavy atom. The van der Waals surface area contributed by atoms with Crippen molar-refractivity contribution in [3.05, 3.63) is 68.7 Å². The predicted octanol–water partition coefficient (Wildman–Crippen LogP) is 4.81. The molecule has 0 aliphatic rings. The zero-order chi connectivity index (χ0) is 14.0. The van der Waals surface area contributed by atoms with E-state index in [1.165, 1.54) is 36.4 Å². The molecule has 0 saturated carbocycles. The summed E-state index contributed by atoms with van der Waals surface area (Å²) in [4.78, 5) is 12.1. The van der Waals surface area contributed by atoms with E-state index in [0.29, 0.717) is 10.0 Å². The summed E-state index contributed by atoms with van der Waals surface area (Å²) >= 11 is 8.98. The molecule has 2 aromatic rings. The monoisotopic (exact) mass is 344 g/mol. The smallest absolute Gasteiger partial charge is 0.168 e. The fourth-order valence-corrected chi connectivity index (χ4v) is 2.28. The van der Waals surface area contributed by atoms with E-state index in [0.717, 1.165) is 0 Å². The third-order valence-electron chi connectivity index (χ3n) is 2.61. The molecular formula is C14H8BrClF2O. The lowest BCUT2D eigenvalue weighted by molar-refractivity contribution is 0.0992. The maximum atomic E-state index is 13.3. The normalized spacial score (nSPS) is 10.5. The van der Waals surface area contributed by atoms with Crippen LogP contribution in [-0.4, -0.2) is 5.78 Å². The van der Waals surface area contributed by atoms with Crippen molar-refractivity contribution in [2.24, 2.45) is 0 Å². The Hall–Kier alpha value is -1.26. The molecular weight excluding hydrogens is 338 g/mol. The van der Waals surface area contributed by atoms with Gasteiger partial charge in [-0.15, -0.1) is 0 Å². The van der Waals surface area contributed by atoms with Crippen LogP contribution < -0.4 is 0 Å². The van der Waals surface area contributed by atoms with Gasteiger partial charge in [0, 0.05) is 16.5 Å². The molecule has 5 heteroatoms. The first-order valence-electron chi connectivity index (χ1n) is 5.40. The van der Waals surface area contributed by atoms with E-state index in [1.54, 1.807) is 0 Å². The van der Waals surface area contributed by atoms with Gasteiger partial charge in [0.25, 0.3) is 0 Å². The van der Waals surface area contributed by atoms with Crippen molar-refractivity contribution >= 4 is 33.3 Å². The molecule has 0 heterocycles. The van der Waals surface area contributed by atoms with E-state index in [-0.39, 0.29) is 22.8 Å². The number of hydrogen-bond acceptors (Lipinski definition) is 1. The summed E-state index contributed by atoms with van der Waals surface area (Å²) < 4.78 is 27.0. The van der Waals surface area contributed by atoms with Gasteiger partial charge in [0.15, 0.2) is 5.78 Å². The average molecular weight is 346 g/mol. The number of hydrogen-bond donors (Lipinski definition) is 0. The molecule has 0 N–H and O–H groups in total. The molecule has 0 spiro atoms. The van der Waals surface area contributed by atoms with E-state index < -0.39 is 11.6 Å². The number of Topliss-reactive ketones (excluding diaryl/α,β-unsaturated/α-hetero) is 1. The highest BCUT2D eigenvalue weighted by molar-refractivity contribution is 9.10. The minimum atomic E-state index is -0.647. The highest BCUT2D eigenvalue weighted by Crippen LogP contribution is 2.24. The topological polar surface area (TPSA) is 17.1 Å². The summed E-state index contributed by atoms with van der Waals surface area (Å²) in [5, 5.41) is -0.208. The van der Waals surface area contributed by atoms with Crippen molar-refractivity contribution in [3.63, 3.8) is 0 Å². The van der Waals surface area contributed by atoms with Crippen molar-refractivity contribution in [2.75, 3.05) is 0 Å². The molecule has 0 bridgehead atoms. The second-order valence-corrected chi connectivity index (χ2v) is 5.17. The van der Waals surface area contributed by atoms with Gasteiger partial charge in [0.2, 0.25) is 0 Å². The average Bonchev–Trinajstić information content (AvgIpc) is 2.37. The van der Waals surface area contributed by atoms with Crippen molar-refractivity contribution in [1.29, 1.82) is 0 Å². The maximum Gasteiger partial charge on any atom is 0.168 e. The van der Waals surface area contributed by atoms with E-state index >= 15 is 0 Å². The first-order valence-corrected chi connectivity index (χ1v) is 6.57. The van der Waals surface area contributed by atoms with E-state index in [9.17, 15) is 13.6 Å². The minimum absolute atomic E-state index is 0.0541. The first kappa shape index (κ1) is 14.2. The lowest BCUT2D eigenvalue weighted by Gasteiger charge is -2.06. The van der Waals surface area contributed by atoms with Crippen LogP contribution in [0.2, 0.25) is 5.02 Å². The van der Waals surface area contributed by atoms with Crippen molar-refractivity contribution in [2.45, 2.75) is 6.42 Å². The van der Waals surface area contributed by atoms with Gasteiger partial charge in [-0.25, -0.2) is 8.78 Å². The largest absolute Gasteiger partial charge is 0.294 e. The minimum Gasteiger partial charge on any atom is -0.294 e. The van der Waals surface area contributed by atoms with Crippen molar-refractivity contribution in [1.82, 2.24) is 0 Å². The van der Waals surface area contributed by atoms with Crippen molar-refractivity contribution < 1.29 is 13.6 Å². The molecule has 1 nitrogen and oxygen atoms in total. The molecule has 98 valence electrons. The van der Waals surface area contributed by atoms with Gasteiger partial charge < -0.3 is 0 Å². The van der Waals surface area contributed by atoms with Crippen LogP contribution >= 0.6 is 27.5 Å². The molecule has 0 saturated heterocycles. The van der Waals surface area contributed by atoms with Crippen LogP contribution in [0.1, 0.15) is 15.9 Å². The lowest BCUT2D eigenvalue weighted by atomic mass is 10.0. The quantitative estimate of drug-likeness (QED) is 0.730. The summed E-state index contributed by atoms with van der Waals surface area (Å²) in [5.41, 5.74) is 0.586. The standard InChI is InChI=1S/C14H8BrClF2O/c15-11-5-4-9(17)6-8(11)7-13(19)10-2-1-3-12(18)14(10)16/h1-6H,7H2. The highest BCUT2D eigenvalue weighted by Gasteiger charge is 2.15. The molecule has 0 unspecified atom stereocenters. The Balaban J connectivity index is 2.31. The first-order chi connectivity index (χ1) is 8.99. The predicted molar refractivity (Wildman–Crippen MR) is 73.5 cm³/mol. The van der Waals surface area contributed by atoms with Gasteiger partial charge in [-0.1, -0.05) is 33.6 Å². The molecule has 0 aromatic heterocycles. The molecule has 0 atom stereocenters. The summed E-state index contributed by atoms with van der Waals surface area (Å²) in [6.45, 7) is 0. The third-order valence-corrected chi connectivity index (χ3v) is 3.77. The second kappa shape index (κ2) is 5.80. The Bertz CT molecular complexity index is 643. The molecule has 19 heavy (non-hydrogen) atoms. The van der Waals surface area contributed by atoms with Crippen LogP contribution in [0.5, 0.6) is 0 Å². The molecule has 0 amide bonds. The van der Waals surface area contributed by atoms with Gasteiger partial charge in [-0.3, -0.25) is 4.79 Å². The molecule has 0 aliphatic carbocycles. The summed E-state index contributed by atoms with van der Waals surface area (Å²) in [7, 11) is 0. The molecule has 0 radical (unpaired) electrons. The van der Waals surface area contributed by atoms with Crippen LogP contribution in [0.15, 0.2) is 40.9 Å². The lowest BCUT2D eigenvalue weighted by Crippen LogP contribution is -2.06. The fourth-order valence-electron chi connectivity index (χ4n) is 1.67. The zero-order valence-electron chi connectivity index (χ0n) is 9.59. The van der Waals surface area contributed by atoms with Crippen LogP contribution in [0, 0.1) is 11.6 Å². The third kappa shape index (κ3) is 3.19. The van der Waals surface area contributed by atoms with Crippen LogP contribution in [-0.2, 0) is 6.42 Å². The number of carbonyl (C=O) groups excluding carboxylic acids is 1. The molecule has 2 rings (SSSR count). The Morgan fingerprint density at radius 3 is 2.68 bits per heavy atom. The number of rotatable bonds is 3. The van der Waals surface area contributed by atoms with Crippen LogP contribution in [0.4, 0.5) is 8.78 Å². The number of ketones is 1. The summed E-state index contributed by atoms with van der Waals surface area (Å²) in [6, 6.07) is 8.10. The number of carbonyl (C=O) groups is 1. The van der Waals surface area contributed by atoms with Gasteiger partial charge in [-0.2, -0.15) is 0 Å². The highest BCUT2D eigenvalue weighted by atomic mass is 79.9. The van der Waals surface area contributed by atoms with E-state index in [2.05, 4.69) is 15.9 Å². The number of benzene rings is 2. The Kier molecular flexibility index (Phi) is 4.32. The van der Waals surface area contributed by atoms with Gasteiger partial charge in [0.1, 0.15) is 11.6 Å². The molecule has 0 fully saturated rings. The second-order valence-electron chi connectivity index (χ2n) is 3.94. The zero-order valence-corrected chi connectivity index (χ0v) is 11.9. The SMILES string of the molecule is O=C(Cc1cc(F)ccc1Br)c1cccc(F)c1Cl. The number of halogens is 4. The molecule has 0 aliphatic heterocycles. The Labute approximate surface area is 122 Å². The van der Waals surface area contributed by atoms with Crippen molar-refractivity contribution in [3.8, 4) is 0 Å². The maximum absolute atomic E-state index is 13.3. The Morgan fingerprint density at radius 2 is 1.95 bits per heavy atom. The summed E-state index contributed by atoms with van der Waals surface area (Å²) in [5.74, 6) is -1.45. The van der Waals surface area contributed by atoms with Gasteiger partial charge >= 0.3 is 0 Å². The van der Waals surface area contributed by atoms with Gasteiger partial charge in [-0.05, 0) is 35.9 Å².